The number of halogens is 2. The zero-order chi connectivity index (χ0) is 13.1. The molecule has 0 aliphatic carbocycles. The van der Waals surface area contributed by atoms with E-state index in [1.54, 1.807) is 12.1 Å². The minimum absolute atomic E-state index is 0.0366. The predicted molar refractivity (Wildman–Crippen MR) is 67.5 cm³/mol. The van der Waals surface area contributed by atoms with Crippen molar-refractivity contribution in [2.75, 3.05) is 6.61 Å². The van der Waals surface area contributed by atoms with Crippen LogP contribution in [0.5, 0.6) is 0 Å². The van der Waals surface area contributed by atoms with Crippen molar-refractivity contribution in [3.63, 3.8) is 0 Å². The molecule has 0 spiro atoms. The maximum atomic E-state index is 11.3. The molecule has 0 amide bonds. The van der Waals surface area contributed by atoms with Gasteiger partial charge in [-0.2, -0.15) is 0 Å². The van der Waals surface area contributed by atoms with Crippen LogP contribution in [0.25, 0.3) is 0 Å². The van der Waals surface area contributed by atoms with E-state index in [1.807, 2.05) is 0 Å². The highest BCUT2D eigenvalue weighted by atomic mass is 79.9. The summed E-state index contributed by atoms with van der Waals surface area (Å²) in [5.74, 6) is -0.407. The Hall–Kier alpha value is -0.590. The molecule has 0 bridgehead atoms. The van der Waals surface area contributed by atoms with Gasteiger partial charge < -0.3 is 4.74 Å². The Bertz CT molecular complexity index is 527. The van der Waals surface area contributed by atoms with E-state index >= 15 is 0 Å². The smallest absolute Gasteiger partial charge is 0.302 e. The van der Waals surface area contributed by atoms with E-state index in [9.17, 15) is 13.2 Å². The molecule has 0 aliphatic rings. The van der Waals surface area contributed by atoms with Crippen molar-refractivity contribution in [1.29, 1.82) is 0 Å². The van der Waals surface area contributed by atoms with Gasteiger partial charge in [-0.3, -0.25) is 4.79 Å². The van der Waals surface area contributed by atoms with Crippen molar-refractivity contribution in [2.24, 2.45) is 0 Å². The van der Waals surface area contributed by atoms with Crippen LogP contribution in [0.15, 0.2) is 27.6 Å². The summed E-state index contributed by atoms with van der Waals surface area (Å²) in [7, 11) is 1.52. The maximum absolute atomic E-state index is 11.3. The van der Waals surface area contributed by atoms with Gasteiger partial charge in [-0.05, 0) is 23.8 Å². The molecule has 0 aliphatic heterocycles. The first-order chi connectivity index (χ1) is 7.80. The van der Waals surface area contributed by atoms with E-state index < -0.39 is 15.0 Å². The second-order valence-corrected chi connectivity index (χ2v) is 6.73. The molecule has 1 aromatic carbocycles. The van der Waals surface area contributed by atoms with Gasteiger partial charge in [0, 0.05) is 28.5 Å². The van der Waals surface area contributed by atoms with Gasteiger partial charge in [-0.25, -0.2) is 8.42 Å². The average molecular weight is 342 g/mol. The second kappa shape index (κ2) is 5.84. The zero-order valence-corrected chi connectivity index (χ0v) is 12.1. The molecule has 4 nitrogen and oxygen atoms in total. The second-order valence-electron chi connectivity index (χ2n) is 3.28. The van der Waals surface area contributed by atoms with Crippen LogP contribution in [0.4, 0.5) is 0 Å². The molecule has 7 heteroatoms. The van der Waals surface area contributed by atoms with Gasteiger partial charge in [0.25, 0.3) is 9.05 Å². The number of carbonyl (C=O) groups excluding carboxylic acids is 1. The van der Waals surface area contributed by atoms with Gasteiger partial charge >= 0.3 is 5.97 Å². The summed E-state index contributed by atoms with van der Waals surface area (Å²) in [5, 5.41) is 0. The molecular weight excluding hydrogens is 332 g/mol. The highest BCUT2D eigenvalue weighted by molar-refractivity contribution is 9.10. The Morgan fingerprint density at radius 3 is 2.65 bits per heavy atom. The number of benzene rings is 1. The largest absolute Gasteiger partial charge is 0.466 e. The van der Waals surface area contributed by atoms with Gasteiger partial charge in [-0.1, -0.05) is 15.9 Å². The lowest BCUT2D eigenvalue weighted by atomic mass is 10.2. The van der Waals surface area contributed by atoms with E-state index in [4.69, 9.17) is 15.4 Å². The highest BCUT2D eigenvalue weighted by Crippen LogP contribution is 2.24. The standard InChI is InChI=1S/C10H10BrClO4S/c1-7(13)16-5-4-8-6-9(11)2-3-10(8)17(12,14)15/h2-3,6H,4-5H2,1H3. The number of ether oxygens (including phenoxy) is 1. The topological polar surface area (TPSA) is 60.4 Å². The Kier molecular flexibility index (Phi) is 4.97. The Balaban J connectivity index is 2.96. The summed E-state index contributed by atoms with van der Waals surface area (Å²) in [6, 6.07) is 4.64. The van der Waals surface area contributed by atoms with E-state index in [2.05, 4.69) is 15.9 Å². The lowest BCUT2D eigenvalue weighted by molar-refractivity contribution is -0.140. The average Bonchev–Trinajstić information content (AvgIpc) is 2.15. The molecule has 0 atom stereocenters. The van der Waals surface area contributed by atoms with E-state index in [0.29, 0.717) is 12.0 Å². The molecule has 17 heavy (non-hydrogen) atoms. The van der Waals surface area contributed by atoms with Crippen LogP contribution < -0.4 is 0 Å². The lowest BCUT2D eigenvalue weighted by Gasteiger charge is -2.07. The van der Waals surface area contributed by atoms with Crippen molar-refractivity contribution in [3.05, 3.63) is 28.2 Å². The van der Waals surface area contributed by atoms with Gasteiger partial charge in [-0.15, -0.1) is 0 Å². The maximum Gasteiger partial charge on any atom is 0.302 e. The third-order valence-electron chi connectivity index (χ3n) is 1.96. The molecule has 0 unspecified atom stereocenters. The fourth-order valence-corrected chi connectivity index (χ4v) is 2.85. The van der Waals surface area contributed by atoms with Crippen molar-refractivity contribution in [1.82, 2.24) is 0 Å². The molecule has 94 valence electrons. The summed E-state index contributed by atoms with van der Waals surface area (Å²) < 4.78 is 28.1. The van der Waals surface area contributed by atoms with Crippen LogP contribution in [-0.4, -0.2) is 21.0 Å². The molecule has 0 radical (unpaired) electrons. The highest BCUT2D eigenvalue weighted by Gasteiger charge is 2.15. The van der Waals surface area contributed by atoms with Gasteiger partial charge in [0.05, 0.1) is 11.5 Å². The molecule has 0 aromatic heterocycles. The van der Waals surface area contributed by atoms with Crippen LogP contribution in [0.1, 0.15) is 12.5 Å². The summed E-state index contributed by atoms with van der Waals surface area (Å²) in [6.07, 6.45) is 0.292. The SMILES string of the molecule is CC(=O)OCCc1cc(Br)ccc1S(=O)(=O)Cl. The number of hydrogen-bond donors (Lipinski definition) is 0. The Labute approximate surface area is 112 Å². The van der Waals surface area contributed by atoms with E-state index in [1.165, 1.54) is 13.0 Å². The summed E-state index contributed by atoms with van der Waals surface area (Å²) >= 11 is 3.24. The molecule has 1 rings (SSSR count). The Morgan fingerprint density at radius 2 is 2.12 bits per heavy atom. The zero-order valence-electron chi connectivity index (χ0n) is 8.94. The fraction of sp³-hybridized carbons (Fsp3) is 0.300. The molecule has 0 fully saturated rings. The third-order valence-corrected chi connectivity index (χ3v) is 3.88. The predicted octanol–water partition coefficient (Wildman–Crippen LogP) is 2.48. The van der Waals surface area contributed by atoms with Crippen LogP contribution in [-0.2, 0) is 25.0 Å². The van der Waals surface area contributed by atoms with Crippen LogP contribution >= 0.6 is 26.6 Å². The normalized spacial score (nSPS) is 11.2. The van der Waals surface area contributed by atoms with Gasteiger partial charge in [0.1, 0.15) is 0 Å². The Morgan fingerprint density at radius 1 is 1.47 bits per heavy atom. The van der Waals surface area contributed by atoms with Crippen LogP contribution in [0.2, 0.25) is 0 Å². The molecule has 0 saturated heterocycles. The minimum Gasteiger partial charge on any atom is -0.466 e. The summed E-state index contributed by atoms with van der Waals surface area (Å²) in [6.45, 7) is 1.41. The van der Waals surface area contributed by atoms with Crippen molar-refractivity contribution in [2.45, 2.75) is 18.2 Å². The summed E-state index contributed by atoms with van der Waals surface area (Å²) in [5.41, 5.74) is 0.510. The van der Waals surface area contributed by atoms with Gasteiger partial charge in [0.2, 0.25) is 0 Å². The minimum atomic E-state index is -3.79. The summed E-state index contributed by atoms with van der Waals surface area (Å²) in [4.78, 5) is 10.6. The van der Waals surface area contributed by atoms with Crippen molar-refractivity contribution >= 4 is 41.6 Å². The van der Waals surface area contributed by atoms with Gasteiger partial charge in [0.15, 0.2) is 0 Å². The molecule has 1 aromatic rings. The monoisotopic (exact) mass is 340 g/mol. The number of esters is 1. The lowest BCUT2D eigenvalue weighted by Crippen LogP contribution is -2.06. The number of carbonyl (C=O) groups is 1. The first-order valence-corrected chi connectivity index (χ1v) is 7.77. The van der Waals surface area contributed by atoms with Crippen molar-refractivity contribution in [3.8, 4) is 0 Å². The molecule has 0 saturated carbocycles. The molecule has 0 N–H and O–H groups in total. The first-order valence-electron chi connectivity index (χ1n) is 4.67. The van der Waals surface area contributed by atoms with E-state index in [0.717, 1.165) is 4.47 Å². The number of rotatable bonds is 4. The first kappa shape index (κ1) is 14.5. The fourth-order valence-electron chi connectivity index (χ4n) is 1.29. The van der Waals surface area contributed by atoms with Crippen LogP contribution in [0, 0.1) is 0 Å². The van der Waals surface area contributed by atoms with E-state index in [-0.39, 0.29) is 11.5 Å². The van der Waals surface area contributed by atoms with Crippen LogP contribution in [0.3, 0.4) is 0 Å². The molecular formula is C10H10BrClO4S. The third kappa shape index (κ3) is 4.65. The number of hydrogen-bond acceptors (Lipinski definition) is 4. The van der Waals surface area contributed by atoms with Crippen molar-refractivity contribution < 1.29 is 17.9 Å². The molecule has 0 heterocycles. The quantitative estimate of drug-likeness (QED) is 0.623.